The Morgan fingerprint density at radius 2 is 1.96 bits per heavy atom. The Labute approximate surface area is 155 Å². The highest BCUT2D eigenvalue weighted by Crippen LogP contribution is 2.30. The molecule has 132 valence electrons. The average Bonchev–Trinajstić information content (AvgIpc) is 3.09. The fourth-order valence-corrected chi connectivity index (χ4v) is 3.77. The number of nitrogens with one attached hydrogen (secondary N) is 1. The van der Waals surface area contributed by atoms with E-state index in [0.717, 1.165) is 42.1 Å². The van der Waals surface area contributed by atoms with Crippen LogP contribution in [0.1, 0.15) is 5.56 Å². The van der Waals surface area contributed by atoms with E-state index >= 15 is 0 Å². The van der Waals surface area contributed by atoms with Crippen molar-refractivity contribution in [2.24, 2.45) is 0 Å². The van der Waals surface area contributed by atoms with Gasteiger partial charge in [-0.1, -0.05) is 41.7 Å². The van der Waals surface area contributed by atoms with Gasteiger partial charge in [-0.2, -0.15) is 0 Å². The third-order valence-electron chi connectivity index (χ3n) is 4.21. The summed E-state index contributed by atoms with van der Waals surface area (Å²) in [6, 6.07) is 16.0. The van der Waals surface area contributed by atoms with Gasteiger partial charge in [0.25, 0.3) is 0 Å². The van der Waals surface area contributed by atoms with E-state index in [-0.39, 0.29) is 5.91 Å². The molecule has 6 heteroatoms. The van der Waals surface area contributed by atoms with E-state index in [1.165, 1.54) is 23.1 Å². The van der Waals surface area contributed by atoms with Gasteiger partial charge in [0.05, 0.1) is 23.4 Å². The summed E-state index contributed by atoms with van der Waals surface area (Å²) in [5.41, 5.74) is 3.06. The van der Waals surface area contributed by atoms with Gasteiger partial charge in [-0.3, -0.25) is 10.1 Å². The zero-order valence-electron chi connectivity index (χ0n) is 14.2. The van der Waals surface area contributed by atoms with Gasteiger partial charge in [0.1, 0.15) is 0 Å². The maximum atomic E-state index is 12.1. The standard InChI is InChI=1S/C20H19N3O2S/c24-19(9-6-15-4-2-1-3-5-15)22-20-21-17-8-7-16(14-18(17)26-20)23-10-12-25-13-11-23/h1-9,14H,10-13H2,(H,21,22,24)/b9-6+. The van der Waals surface area contributed by atoms with E-state index in [1.54, 1.807) is 6.08 Å². The van der Waals surface area contributed by atoms with Crippen molar-refractivity contribution in [2.45, 2.75) is 0 Å². The second-order valence-corrected chi connectivity index (χ2v) is 7.03. The molecule has 26 heavy (non-hydrogen) atoms. The number of hydrogen-bond donors (Lipinski definition) is 1. The number of nitrogens with zero attached hydrogens (tertiary/aromatic N) is 2. The Morgan fingerprint density at radius 1 is 1.15 bits per heavy atom. The Balaban J connectivity index is 1.46. The molecule has 1 aromatic heterocycles. The summed E-state index contributed by atoms with van der Waals surface area (Å²) < 4.78 is 6.47. The minimum absolute atomic E-state index is 0.179. The molecule has 5 nitrogen and oxygen atoms in total. The van der Waals surface area contributed by atoms with Crippen LogP contribution >= 0.6 is 11.3 Å². The van der Waals surface area contributed by atoms with Crippen LogP contribution < -0.4 is 10.2 Å². The van der Waals surface area contributed by atoms with Crippen molar-refractivity contribution < 1.29 is 9.53 Å². The van der Waals surface area contributed by atoms with Gasteiger partial charge in [0.2, 0.25) is 5.91 Å². The average molecular weight is 365 g/mol. The predicted molar refractivity (Wildman–Crippen MR) is 107 cm³/mol. The zero-order valence-corrected chi connectivity index (χ0v) is 15.0. The summed E-state index contributed by atoms with van der Waals surface area (Å²) in [7, 11) is 0. The maximum absolute atomic E-state index is 12.1. The normalized spacial score (nSPS) is 14.8. The van der Waals surface area contributed by atoms with Gasteiger partial charge in [-0.25, -0.2) is 4.98 Å². The first kappa shape index (κ1) is 16.8. The molecule has 2 heterocycles. The Hall–Kier alpha value is -2.70. The van der Waals surface area contributed by atoms with Crippen molar-refractivity contribution >= 4 is 44.4 Å². The first-order chi connectivity index (χ1) is 12.8. The van der Waals surface area contributed by atoms with E-state index in [1.807, 2.05) is 36.4 Å². The molecule has 1 aliphatic rings. The van der Waals surface area contributed by atoms with Crippen LogP contribution in [0.2, 0.25) is 0 Å². The number of hydrogen-bond acceptors (Lipinski definition) is 5. The molecule has 1 aliphatic heterocycles. The molecule has 0 aliphatic carbocycles. The van der Waals surface area contributed by atoms with Crippen LogP contribution in [0.5, 0.6) is 0 Å². The largest absolute Gasteiger partial charge is 0.378 e. The summed E-state index contributed by atoms with van der Waals surface area (Å²) in [5.74, 6) is -0.179. The lowest BCUT2D eigenvalue weighted by Crippen LogP contribution is -2.36. The molecule has 1 saturated heterocycles. The fourth-order valence-electron chi connectivity index (χ4n) is 2.87. The highest BCUT2D eigenvalue weighted by molar-refractivity contribution is 7.22. The van der Waals surface area contributed by atoms with Crippen molar-refractivity contribution in [3.8, 4) is 0 Å². The molecule has 0 bridgehead atoms. The van der Waals surface area contributed by atoms with Crippen LogP contribution in [0.25, 0.3) is 16.3 Å². The number of thiazole rings is 1. The van der Waals surface area contributed by atoms with Crippen molar-refractivity contribution in [3.05, 3.63) is 60.2 Å². The number of fused-ring (bicyclic) bond motifs is 1. The van der Waals surface area contributed by atoms with Gasteiger partial charge >= 0.3 is 0 Å². The molecule has 0 atom stereocenters. The molecular formula is C20H19N3O2S. The molecule has 3 aromatic rings. The van der Waals surface area contributed by atoms with Gasteiger partial charge < -0.3 is 9.64 Å². The maximum Gasteiger partial charge on any atom is 0.250 e. The summed E-state index contributed by atoms with van der Waals surface area (Å²) in [5, 5.41) is 3.46. The van der Waals surface area contributed by atoms with Crippen LogP contribution in [0.4, 0.5) is 10.8 Å². The fraction of sp³-hybridized carbons (Fsp3) is 0.200. The number of amides is 1. The van der Waals surface area contributed by atoms with E-state index < -0.39 is 0 Å². The number of carbonyl (C=O) groups excluding carboxylic acids is 1. The number of ether oxygens (including phenoxy) is 1. The van der Waals surface area contributed by atoms with Gasteiger partial charge in [-0.05, 0) is 29.8 Å². The van der Waals surface area contributed by atoms with E-state index in [4.69, 9.17) is 4.74 Å². The van der Waals surface area contributed by atoms with Crippen LogP contribution in [-0.4, -0.2) is 37.2 Å². The number of anilines is 2. The lowest BCUT2D eigenvalue weighted by molar-refractivity contribution is -0.111. The zero-order chi connectivity index (χ0) is 17.8. The van der Waals surface area contributed by atoms with Crippen molar-refractivity contribution in [2.75, 3.05) is 36.5 Å². The number of benzene rings is 2. The second-order valence-electron chi connectivity index (χ2n) is 6.00. The van der Waals surface area contributed by atoms with Crippen LogP contribution in [-0.2, 0) is 9.53 Å². The van der Waals surface area contributed by atoms with E-state index in [9.17, 15) is 4.79 Å². The summed E-state index contributed by atoms with van der Waals surface area (Å²) in [6.07, 6.45) is 3.32. The summed E-state index contributed by atoms with van der Waals surface area (Å²) in [6.45, 7) is 3.32. The number of rotatable bonds is 4. The first-order valence-corrected chi connectivity index (χ1v) is 9.37. The Morgan fingerprint density at radius 3 is 2.77 bits per heavy atom. The molecule has 2 aromatic carbocycles. The monoisotopic (exact) mass is 365 g/mol. The number of aromatic nitrogens is 1. The summed E-state index contributed by atoms with van der Waals surface area (Å²) in [4.78, 5) is 18.9. The highest BCUT2D eigenvalue weighted by Gasteiger charge is 2.13. The van der Waals surface area contributed by atoms with Crippen LogP contribution in [0, 0.1) is 0 Å². The SMILES string of the molecule is O=C(/C=C/c1ccccc1)Nc1nc2ccc(N3CCOCC3)cc2s1. The molecule has 1 amide bonds. The molecule has 0 spiro atoms. The lowest BCUT2D eigenvalue weighted by Gasteiger charge is -2.28. The first-order valence-electron chi connectivity index (χ1n) is 8.55. The Kier molecular flexibility index (Phi) is 4.95. The quantitative estimate of drug-likeness (QED) is 0.715. The molecule has 1 N–H and O–H groups in total. The molecule has 0 unspecified atom stereocenters. The minimum atomic E-state index is -0.179. The van der Waals surface area contributed by atoms with Crippen LogP contribution in [0.3, 0.4) is 0 Å². The smallest absolute Gasteiger partial charge is 0.250 e. The predicted octanol–water partition coefficient (Wildman–Crippen LogP) is 3.78. The van der Waals surface area contributed by atoms with Crippen LogP contribution in [0.15, 0.2) is 54.6 Å². The Bertz CT molecular complexity index is 931. The molecular weight excluding hydrogens is 346 g/mol. The van der Waals surface area contributed by atoms with Crippen molar-refractivity contribution in [1.29, 1.82) is 0 Å². The van der Waals surface area contributed by atoms with E-state index in [0.29, 0.717) is 5.13 Å². The summed E-state index contributed by atoms with van der Waals surface area (Å²) >= 11 is 1.49. The minimum Gasteiger partial charge on any atom is -0.378 e. The third kappa shape index (κ3) is 3.92. The topological polar surface area (TPSA) is 54.5 Å². The molecule has 0 radical (unpaired) electrons. The lowest BCUT2D eigenvalue weighted by atomic mass is 10.2. The highest BCUT2D eigenvalue weighted by atomic mass is 32.1. The number of morpholine rings is 1. The van der Waals surface area contributed by atoms with Crippen molar-refractivity contribution in [1.82, 2.24) is 4.98 Å². The van der Waals surface area contributed by atoms with Gasteiger partial charge in [0.15, 0.2) is 5.13 Å². The molecule has 4 rings (SSSR count). The third-order valence-corrected chi connectivity index (χ3v) is 5.14. The number of carbonyl (C=O) groups is 1. The van der Waals surface area contributed by atoms with Crippen molar-refractivity contribution in [3.63, 3.8) is 0 Å². The van der Waals surface area contributed by atoms with Gasteiger partial charge in [0, 0.05) is 24.9 Å². The second kappa shape index (κ2) is 7.68. The van der Waals surface area contributed by atoms with E-state index in [2.05, 4.69) is 27.3 Å². The molecule has 0 saturated carbocycles. The van der Waals surface area contributed by atoms with Gasteiger partial charge in [-0.15, -0.1) is 0 Å². The molecule has 1 fully saturated rings.